The molecule has 1 aliphatic rings. The minimum absolute atomic E-state index is 0.0785. The van der Waals surface area contributed by atoms with Gasteiger partial charge in [0.2, 0.25) is 5.91 Å². The number of carbonyl (C=O) groups is 1. The van der Waals surface area contributed by atoms with E-state index in [4.69, 9.17) is 11.6 Å². The molecule has 1 fully saturated rings. The molecule has 80 valence electrons. The first kappa shape index (κ1) is 10.4. The third-order valence-corrected chi connectivity index (χ3v) is 2.87. The van der Waals surface area contributed by atoms with Gasteiger partial charge in [0, 0.05) is 0 Å². The Morgan fingerprint density at radius 2 is 2.00 bits per heavy atom. The van der Waals surface area contributed by atoms with E-state index in [0.29, 0.717) is 5.56 Å². The van der Waals surface area contributed by atoms with Gasteiger partial charge < -0.3 is 4.90 Å². The molecule has 0 unspecified atom stereocenters. The van der Waals surface area contributed by atoms with Gasteiger partial charge in [-0.2, -0.15) is 0 Å². The highest BCUT2D eigenvalue weighted by Crippen LogP contribution is 2.35. The van der Waals surface area contributed by atoms with Crippen molar-refractivity contribution >= 4 is 17.5 Å². The lowest BCUT2D eigenvalue weighted by atomic mass is 9.88. The first-order valence-electron chi connectivity index (χ1n) is 4.74. The lowest BCUT2D eigenvalue weighted by molar-refractivity contribution is -0.143. The molecular formula is C11H11ClFNO. The van der Waals surface area contributed by atoms with Crippen molar-refractivity contribution in [2.45, 2.75) is 5.67 Å². The van der Waals surface area contributed by atoms with Crippen molar-refractivity contribution in [1.29, 1.82) is 0 Å². The lowest BCUT2D eigenvalue weighted by Crippen LogP contribution is -2.59. The van der Waals surface area contributed by atoms with E-state index in [-0.39, 0.29) is 24.9 Å². The van der Waals surface area contributed by atoms with Crippen LogP contribution in [0.1, 0.15) is 5.56 Å². The first-order valence-corrected chi connectivity index (χ1v) is 5.27. The molecule has 0 spiro atoms. The fraction of sp³-hybridized carbons (Fsp3) is 0.364. The number of hydrogen-bond donors (Lipinski definition) is 0. The molecule has 0 atom stereocenters. The second kappa shape index (κ2) is 3.81. The molecule has 0 radical (unpaired) electrons. The van der Waals surface area contributed by atoms with Gasteiger partial charge in [0.25, 0.3) is 0 Å². The van der Waals surface area contributed by atoms with Gasteiger partial charge in [-0.25, -0.2) is 4.39 Å². The zero-order chi connectivity index (χ0) is 10.9. The summed E-state index contributed by atoms with van der Waals surface area (Å²) in [5.41, 5.74) is -0.758. The van der Waals surface area contributed by atoms with Crippen molar-refractivity contribution in [3.63, 3.8) is 0 Å². The van der Waals surface area contributed by atoms with Crippen LogP contribution in [0.15, 0.2) is 30.3 Å². The number of nitrogens with zero attached hydrogens (tertiary/aromatic N) is 1. The van der Waals surface area contributed by atoms with Crippen LogP contribution in [0.5, 0.6) is 0 Å². The van der Waals surface area contributed by atoms with Crippen LogP contribution in [0.25, 0.3) is 0 Å². The summed E-state index contributed by atoms with van der Waals surface area (Å²) in [4.78, 5) is 12.6. The van der Waals surface area contributed by atoms with E-state index in [2.05, 4.69) is 0 Å². The van der Waals surface area contributed by atoms with Crippen LogP contribution < -0.4 is 0 Å². The first-order chi connectivity index (χ1) is 7.15. The molecule has 2 rings (SSSR count). The fourth-order valence-electron chi connectivity index (χ4n) is 1.74. The molecule has 0 aliphatic carbocycles. The number of amides is 1. The van der Waals surface area contributed by atoms with E-state index in [1.165, 1.54) is 4.90 Å². The van der Waals surface area contributed by atoms with Crippen LogP contribution in [0.3, 0.4) is 0 Å². The third-order valence-electron chi connectivity index (χ3n) is 2.64. The Morgan fingerprint density at radius 3 is 2.53 bits per heavy atom. The van der Waals surface area contributed by atoms with Gasteiger partial charge in [0.05, 0.1) is 13.1 Å². The molecule has 1 aromatic carbocycles. The average Bonchev–Trinajstić information content (AvgIpc) is 2.25. The number of halogens is 2. The largest absolute Gasteiger partial charge is 0.334 e. The van der Waals surface area contributed by atoms with Crippen molar-refractivity contribution in [1.82, 2.24) is 4.90 Å². The summed E-state index contributed by atoms with van der Waals surface area (Å²) in [6.45, 7) is 0.227. The highest BCUT2D eigenvalue weighted by atomic mass is 35.5. The van der Waals surface area contributed by atoms with Crippen molar-refractivity contribution in [2.24, 2.45) is 0 Å². The number of carbonyl (C=O) groups excluding carboxylic acids is 1. The Labute approximate surface area is 92.6 Å². The molecule has 0 aromatic heterocycles. The Balaban J connectivity index is 2.06. The number of alkyl halides is 2. The number of hydrogen-bond acceptors (Lipinski definition) is 1. The minimum atomic E-state index is -1.39. The summed E-state index contributed by atoms with van der Waals surface area (Å²) in [6.07, 6.45) is 0. The van der Waals surface area contributed by atoms with Crippen LogP contribution in [-0.2, 0) is 10.5 Å². The Kier molecular flexibility index (Phi) is 2.65. The fourth-order valence-corrected chi connectivity index (χ4v) is 1.91. The van der Waals surface area contributed by atoms with E-state index < -0.39 is 5.67 Å². The van der Waals surface area contributed by atoms with Gasteiger partial charge >= 0.3 is 0 Å². The molecule has 15 heavy (non-hydrogen) atoms. The predicted molar refractivity (Wildman–Crippen MR) is 56.5 cm³/mol. The summed E-state index contributed by atoms with van der Waals surface area (Å²) < 4.78 is 14.1. The molecule has 1 aliphatic heterocycles. The van der Waals surface area contributed by atoms with Crippen LogP contribution >= 0.6 is 11.6 Å². The van der Waals surface area contributed by atoms with Gasteiger partial charge in [0.1, 0.15) is 5.88 Å². The highest BCUT2D eigenvalue weighted by Gasteiger charge is 2.46. The average molecular weight is 228 g/mol. The van der Waals surface area contributed by atoms with Gasteiger partial charge in [-0.05, 0) is 5.56 Å². The summed E-state index contributed by atoms with van der Waals surface area (Å²) >= 11 is 5.38. The van der Waals surface area contributed by atoms with E-state index in [9.17, 15) is 9.18 Å². The molecular weight excluding hydrogens is 217 g/mol. The van der Waals surface area contributed by atoms with Gasteiger partial charge in [0.15, 0.2) is 5.67 Å². The van der Waals surface area contributed by atoms with Gasteiger partial charge in [-0.1, -0.05) is 30.3 Å². The lowest BCUT2D eigenvalue weighted by Gasteiger charge is -2.44. The monoisotopic (exact) mass is 227 g/mol. The van der Waals surface area contributed by atoms with Gasteiger partial charge in [-0.15, -0.1) is 11.6 Å². The quantitative estimate of drug-likeness (QED) is 0.707. The molecule has 1 heterocycles. The van der Waals surface area contributed by atoms with Crippen molar-refractivity contribution < 1.29 is 9.18 Å². The topological polar surface area (TPSA) is 20.3 Å². The standard InChI is InChI=1S/C11H11ClFNO/c12-6-10(15)14-7-11(13,8-14)9-4-2-1-3-5-9/h1-5H,6-8H2. The van der Waals surface area contributed by atoms with Crippen LogP contribution in [0, 0.1) is 0 Å². The van der Waals surface area contributed by atoms with E-state index in [1.54, 1.807) is 24.3 Å². The molecule has 0 N–H and O–H groups in total. The second-order valence-corrected chi connectivity index (χ2v) is 3.98. The maximum atomic E-state index is 14.1. The molecule has 1 amide bonds. The molecule has 1 aromatic rings. The van der Waals surface area contributed by atoms with E-state index in [1.807, 2.05) is 6.07 Å². The smallest absolute Gasteiger partial charge is 0.237 e. The highest BCUT2D eigenvalue weighted by molar-refractivity contribution is 6.27. The van der Waals surface area contributed by atoms with Crippen molar-refractivity contribution in [2.75, 3.05) is 19.0 Å². The van der Waals surface area contributed by atoms with Crippen LogP contribution in [0.4, 0.5) is 4.39 Å². The summed E-state index contributed by atoms with van der Waals surface area (Å²) in [7, 11) is 0. The Hall–Kier alpha value is -1.09. The van der Waals surface area contributed by atoms with Crippen molar-refractivity contribution in [3.05, 3.63) is 35.9 Å². The molecule has 2 nitrogen and oxygen atoms in total. The Bertz CT molecular complexity index is 362. The Morgan fingerprint density at radius 1 is 1.40 bits per heavy atom. The number of benzene rings is 1. The van der Waals surface area contributed by atoms with Crippen molar-refractivity contribution in [3.8, 4) is 0 Å². The number of rotatable bonds is 2. The predicted octanol–water partition coefficient (Wildman–Crippen LogP) is 1.93. The zero-order valence-corrected chi connectivity index (χ0v) is 8.88. The summed E-state index contributed by atoms with van der Waals surface area (Å²) in [5.74, 6) is -0.286. The normalized spacial score (nSPS) is 18.4. The van der Waals surface area contributed by atoms with Gasteiger partial charge in [-0.3, -0.25) is 4.79 Å². The summed E-state index contributed by atoms with van der Waals surface area (Å²) in [6, 6.07) is 8.91. The van der Waals surface area contributed by atoms with E-state index >= 15 is 0 Å². The van der Waals surface area contributed by atoms with Crippen LogP contribution in [-0.4, -0.2) is 29.8 Å². The minimum Gasteiger partial charge on any atom is -0.334 e. The molecule has 4 heteroatoms. The third kappa shape index (κ3) is 1.84. The summed E-state index contributed by atoms with van der Waals surface area (Å²) in [5, 5.41) is 0. The molecule has 0 bridgehead atoms. The number of likely N-dealkylation sites (tertiary alicyclic amines) is 1. The maximum absolute atomic E-state index is 14.1. The molecule has 1 saturated heterocycles. The van der Waals surface area contributed by atoms with Crippen LogP contribution in [0.2, 0.25) is 0 Å². The van der Waals surface area contributed by atoms with E-state index in [0.717, 1.165) is 0 Å². The SMILES string of the molecule is O=C(CCl)N1CC(F)(c2ccccc2)C1. The molecule has 0 saturated carbocycles. The maximum Gasteiger partial charge on any atom is 0.237 e. The zero-order valence-electron chi connectivity index (χ0n) is 8.12. The second-order valence-electron chi connectivity index (χ2n) is 3.71.